The van der Waals surface area contributed by atoms with E-state index in [0.717, 1.165) is 29.4 Å². The molecule has 0 aliphatic rings. The molecule has 0 atom stereocenters. The summed E-state index contributed by atoms with van der Waals surface area (Å²) in [5.74, 6) is 6.36. The second-order valence-corrected chi connectivity index (χ2v) is 3.78. The van der Waals surface area contributed by atoms with E-state index >= 15 is 0 Å². The molecule has 2 aromatic rings. The van der Waals surface area contributed by atoms with E-state index in [4.69, 9.17) is 0 Å². The summed E-state index contributed by atoms with van der Waals surface area (Å²) in [6.07, 6.45) is 2.70. The Labute approximate surface area is 95.2 Å². The quantitative estimate of drug-likeness (QED) is 0.590. The van der Waals surface area contributed by atoms with Crippen molar-refractivity contribution in [1.82, 2.24) is 15.5 Å². The fourth-order valence-electron chi connectivity index (χ4n) is 1.58. The van der Waals surface area contributed by atoms with Crippen LogP contribution in [-0.2, 0) is 0 Å². The highest BCUT2D eigenvalue weighted by Crippen LogP contribution is 2.16. The van der Waals surface area contributed by atoms with Gasteiger partial charge in [-0.05, 0) is 31.7 Å². The van der Waals surface area contributed by atoms with Crippen molar-refractivity contribution in [2.24, 2.45) is 0 Å². The molecule has 2 rings (SSSR count). The fraction of sp³-hybridized carbons (Fsp3) is 0.308. The Morgan fingerprint density at radius 1 is 1.44 bits per heavy atom. The molecule has 0 unspecified atom stereocenters. The van der Waals surface area contributed by atoms with Crippen molar-refractivity contribution in [3.8, 4) is 11.8 Å². The van der Waals surface area contributed by atoms with Crippen LogP contribution in [0.25, 0.3) is 10.9 Å². The fourth-order valence-corrected chi connectivity index (χ4v) is 1.58. The number of hydrogen-bond donors (Lipinski definition) is 2. The monoisotopic (exact) mass is 213 g/mol. The summed E-state index contributed by atoms with van der Waals surface area (Å²) in [5, 5.41) is 11.2. The van der Waals surface area contributed by atoms with Crippen molar-refractivity contribution in [3.05, 3.63) is 29.5 Å². The maximum absolute atomic E-state index is 4.01. The standard InChI is InChI=1S/C13H15N3/c1-10-7-13-12(9-15-16-13)8-11(10)5-3-4-6-14-2/h7-9,14H,4,6H2,1-2H3,(H,15,16). The van der Waals surface area contributed by atoms with Crippen molar-refractivity contribution in [1.29, 1.82) is 0 Å². The number of nitrogens with one attached hydrogen (secondary N) is 2. The second kappa shape index (κ2) is 4.82. The van der Waals surface area contributed by atoms with Gasteiger partial charge in [0.1, 0.15) is 0 Å². The molecule has 82 valence electrons. The molecule has 1 heterocycles. The van der Waals surface area contributed by atoms with Gasteiger partial charge in [0.2, 0.25) is 0 Å². The Bertz CT molecular complexity index is 543. The topological polar surface area (TPSA) is 40.7 Å². The third kappa shape index (κ3) is 2.23. The highest BCUT2D eigenvalue weighted by atomic mass is 15.1. The van der Waals surface area contributed by atoms with Crippen LogP contribution in [0.2, 0.25) is 0 Å². The molecule has 0 amide bonds. The third-order valence-corrected chi connectivity index (χ3v) is 2.51. The van der Waals surface area contributed by atoms with Crippen LogP contribution in [0.1, 0.15) is 17.5 Å². The molecule has 16 heavy (non-hydrogen) atoms. The zero-order valence-electron chi connectivity index (χ0n) is 9.59. The van der Waals surface area contributed by atoms with Crippen molar-refractivity contribution in [3.63, 3.8) is 0 Å². The normalized spacial score (nSPS) is 10.1. The van der Waals surface area contributed by atoms with Crippen LogP contribution in [0.15, 0.2) is 18.3 Å². The molecule has 0 saturated heterocycles. The maximum Gasteiger partial charge on any atom is 0.0653 e. The molecule has 0 aliphatic carbocycles. The van der Waals surface area contributed by atoms with Gasteiger partial charge in [-0.25, -0.2) is 0 Å². The van der Waals surface area contributed by atoms with Crippen LogP contribution < -0.4 is 5.32 Å². The van der Waals surface area contributed by atoms with Crippen LogP contribution in [0.5, 0.6) is 0 Å². The number of aryl methyl sites for hydroxylation is 1. The van der Waals surface area contributed by atoms with Gasteiger partial charge < -0.3 is 5.32 Å². The second-order valence-electron chi connectivity index (χ2n) is 3.78. The van der Waals surface area contributed by atoms with E-state index < -0.39 is 0 Å². The highest BCUT2D eigenvalue weighted by molar-refractivity contribution is 5.80. The van der Waals surface area contributed by atoms with E-state index in [1.54, 1.807) is 0 Å². The Morgan fingerprint density at radius 2 is 2.31 bits per heavy atom. The minimum Gasteiger partial charge on any atom is -0.319 e. The Balaban J connectivity index is 2.28. The molecule has 0 aliphatic heterocycles. The smallest absolute Gasteiger partial charge is 0.0653 e. The molecule has 0 bridgehead atoms. The number of rotatable bonds is 2. The van der Waals surface area contributed by atoms with E-state index in [9.17, 15) is 0 Å². The summed E-state index contributed by atoms with van der Waals surface area (Å²) in [7, 11) is 1.93. The SMILES string of the molecule is CNCCC#Cc1cc2cn[nH]c2cc1C. The summed E-state index contributed by atoms with van der Waals surface area (Å²) in [5.41, 5.74) is 3.34. The molecule has 3 nitrogen and oxygen atoms in total. The van der Waals surface area contributed by atoms with Gasteiger partial charge in [0.25, 0.3) is 0 Å². The van der Waals surface area contributed by atoms with E-state index in [1.807, 2.05) is 13.2 Å². The number of H-pyrrole nitrogens is 1. The zero-order chi connectivity index (χ0) is 11.4. The predicted octanol–water partition coefficient (Wildman–Crippen LogP) is 1.83. The first-order valence-electron chi connectivity index (χ1n) is 5.38. The molecule has 1 aromatic carbocycles. The number of fused-ring (bicyclic) bond motifs is 1. The van der Waals surface area contributed by atoms with Crippen molar-refractivity contribution < 1.29 is 0 Å². The first kappa shape index (κ1) is 10.7. The third-order valence-electron chi connectivity index (χ3n) is 2.51. The molecule has 0 radical (unpaired) electrons. The summed E-state index contributed by atoms with van der Waals surface area (Å²) >= 11 is 0. The van der Waals surface area contributed by atoms with Gasteiger partial charge in [0.05, 0.1) is 11.7 Å². The molecule has 3 heteroatoms. The minimum absolute atomic E-state index is 0.874. The lowest BCUT2D eigenvalue weighted by molar-refractivity contribution is 0.818. The van der Waals surface area contributed by atoms with Crippen LogP contribution in [0.3, 0.4) is 0 Å². The molecule has 0 saturated carbocycles. The minimum atomic E-state index is 0.874. The lowest BCUT2D eigenvalue weighted by atomic mass is 10.1. The number of hydrogen-bond acceptors (Lipinski definition) is 2. The van der Waals surface area contributed by atoms with E-state index in [0.29, 0.717) is 0 Å². The van der Waals surface area contributed by atoms with E-state index in [-0.39, 0.29) is 0 Å². The van der Waals surface area contributed by atoms with Crippen molar-refractivity contribution in [2.45, 2.75) is 13.3 Å². The maximum atomic E-state index is 4.01. The lowest BCUT2D eigenvalue weighted by Gasteiger charge is -1.98. The van der Waals surface area contributed by atoms with Gasteiger partial charge in [-0.15, -0.1) is 0 Å². The summed E-state index contributed by atoms with van der Waals surface area (Å²) in [6.45, 7) is 3.00. The number of nitrogens with zero attached hydrogens (tertiary/aromatic N) is 1. The van der Waals surface area contributed by atoms with Gasteiger partial charge >= 0.3 is 0 Å². The molecule has 0 spiro atoms. The molecular weight excluding hydrogens is 198 g/mol. The average Bonchev–Trinajstić information content (AvgIpc) is 2.71. The Morgan fingerprint density at radius 3 is 3.12 bits per heavy atom. The van der Waals surface area contributed by atoms with Crippen LogP contribution in [0, 0.1) is 18.8 Å². The summed E-state index contributed by atoms with van der Waals surface area (Å²) in [4.78, 5) is 0. The van der Waals surface area contributed by atoms with Gasteiger partial charge in [-0.1, -0.05) is 11.8 Å². The number of aromatic nitrogens is 2. The Kier molecular flexibility index (Phi) is 3.23. The largest absolute Gasteiger partial charge is 0.319 e. The molecule has 2 N–H and O–H groups in total. The van der Waals surface area contributed by atoms with Gasteiger partial charge in [-0.3, -0.25) is 5.10 Å². The zero-order valence-corrected chi connectivity index (χ0v) is 9.59. The van der Waals surface area contributed by atoms with Crippen molar-refractivity contribution in [2.75, 3.05) is 13.6 Å². The predicted molar refractivity (Wildman–Crippen MR) is 66.3 cm³/mol. The van der Waals surface area contributed by atoms with Crippen LogP contribution in [0.4, 0.5) is 0 Å². The molecule has 1 aromatic heterocycles. The van der Waals surface area contributed by atoms with Gasteiger partial charge in [0, 0.05) is 23.9 Å². The first-order chi connectivity index (χ1) is 7.81. The van der Waals surface area contributed by atoms with Crippen LogP contribution >= 0.6 is 0 Å². The lowest BCUT2D eigenvalue weighted by Crippen LogP contribution is -2.05. The number of benzene rings is 1. The first-order valence-corrected chi connectivity index (χ1v) is 5.38. The average molecular weight is 213 g/mol. The summed E-state index contributed by atoms with van der Waals surface area (Å²) in [6, 6.07) is 4.17. The molecular formula is C13H15N3. The summed E-state index contributed by atoms with van der Waals surface area (Å²) < 4.78 is 0. The highest BCUT2D eigenvalue weighted by Gasteiger charge is 2.00. The van der Waals surface area contributed by atoms with Crippen LogP contribution in [-0.4, -0.2) is 23.8 Å². The van der Waals surface area contributed by atoms with Gasteiger partial charge in [0.15, 0.2) is 0 Å². The van der Waals surface area contributed by atoms with Gasteiger partial charge in [-0.2, -0.15) is 5.10 Å². The number of aromatic amines is 1. The Hall–Kier alpha value is -1.79. The van der Waals surface area contributed by atoms with E-state index in [2.05, 4.69) is 46.4 Å². The van der Waals surface area contributed by atoms with Crippen molar-refractivity contribution >= 4 is 10.9 Å². The molecule has 0 fully saturated rings. The van der Waals surface area contributed by atoms with E-state index in [1.165, 1.54) is 5.56 Å².